The van der Waals surface area contributed by atoms with E-state index in [9.17, 15) is 4.79 Å². The molecule has 1 aliphatic heterocycles. The van der Waals surface area contributed by atoms with Crippen LogP contribution in [0.3, 0.4) is 0 Å². The van der Waals surface area contributed by atoms with E-state index in [4.69, 9.17) is 4.98 Å². The molecule has 7 rings (SSSR count). The van der Waals surface area contributed by atoms with Crippen LogP contribution in [0.2, 0.25) is 0 Å². The number of H-pyrrole nitrogens is 1. The van der Waals surface area contributed by atoms with Gasteiger partial charge in [0.25, 0.3) is 5.56 Å². The predicted octanol–water partition coefficient (Wildman–Crippen LogP) is 4.77. The number of fused-ring (bicyclic) bond motifs is 2. The molecule has 1 saturated heterocycles. The van der Waals surface area contributed by atoms with Crippen LogP contribution in [0, 0.1) is 13.8 Å². The molecule has 0 spiro atoms. The normalized spacial score (nSPS) is 17.9. The highest BCUT2D eigenvalue weighted by molar-refractivity contribution is 7.22. The number of aryl methyl sites for hydroxylation is 2. The monoisotopic (exact) mass is 540 g/mol. The Morgan fingerprint density at radius 2 is 1.77 bits per heavy atom. The third-order valence-electron chi connectivity index (χ3n) is 8.45. The Hall–Kier alpha value is -3.63. The van der Waals surface area contributed by atoms with Crippen LogP contribution >= 0.6 is 11.3 Å². The zero-order chi connectivity index (χ0) is 26.5. The van der Waals surface area contributed by atoms with Crippen molar-refractivity contribution in [1.29, 1.82) is 0 Å². The smallest absolute Gasteiger partial charge is 0.253 e. The molecule has 2 aliphatic rings. The van der Waals surface area contributed by atoms with Crippen LogP contribution in [0.1, 0.15) is 60.3 Å². The number of piperazine rings is 1. The van der Waals surface area contributed by atoms with Crippen LogP contribution in [-0.2, 0) is 0 Å². The fourth-order valence-corrected chi connectivity index (χ4v) is 7.17. The summed E-state index contributed by atoms with van der Waals surface area (Å²) >= 11 is 1.74. The SMILES string of the molecule is Cc1cc2cc(C(c3nnnn3C3CCCC3)N3CCN(c4nc5ccccc5s4)CC3)c(=O)[nH]c2cc1C. The Balaban J connectivity index is 1.26. The molecule has 5 aromatic rings. The standard InChI is InChI=1S/C29H32N8OS/c1-18-15-20-17-22(28(38)30-24(20)16-19(18)2)26(27-32-33-34-37(27)21-7-3-4-8-21)35-11-13-36(14-12-35)29-31-23-9-5-6-10-25(23)39-29/h5-6,9-10,15-17,21,26H,3-4,7-8,11-14H2,1-2H3,(H,30,38). The Morgan fingerprint density at radius 3 is 2.56 bits per heavy atom. The maximum atomic E-state index is 13.6. The average Bonchev–Trinajstić information content (AvgIpc) is 3.71. The van der Waals surface area contributed by atoms with Crippen molar-refractivity contribution in [1.82, 2.24) is 35.1 Å². The van der Waals surface area contributed by atoms with E-state index in [1.54, 1.807) is 11.3 Å². The van der Waals surface area contributed by atoms with E-state index < -0.39 is 0 Å². The number of aromatic amines is 1. The van der Waals surface area contributed by atoms with Crippen molar-refractivity contribution in [2.45, 2.75) is 51.6 Å². The number of rotatable bonds is 5. The van der Waals surface area contributed by atoms with Crippen molar-refractivity contribution in [3.05, 3.63) is 75.3 Å². The summed E-state index contributed by atoms with van der Waals surface area (Å²) in [5.41, 5.74) is 4.90. The van der Waals surface area contributed by atoms with Gasteiger partial charge in [-0.25, -0.2) is 9.67 Å². The molecule has 3 aromatic heterocycles. The van der Waals surface area contributed by atoms with Crippen LogP contribution in [0.4, 0.5) is 5.13 Å². The van der Waals surface area contributed by atoms with Crippen LogP contribution in [0.25, 0.3) is 21.1 Å². The average molecular weight is 541 g/mol. The molecule has 200 valence electrons. The number of para-hydroxylation sites is 1. The molecule has 9 nitrogen and oxygen atoms in total. The number of nitrogens with one attached hydrogen (secondary N) is 1. The lowest BCUT2D eigenvalue weighted by atomic mass is 10.00. The number of pyridine rings is 1. The molecule has 4 heterocycles. The van der Waals surface area contributed by atoms with Gasteiger partial charge in [0.15, 0.2) is 11.0 Å². The van der Waals surface area contributed by atoms with Gasteiger partial charge in [0.2, 0.25) is 0 Å². The Kier molecular flexibility index (Phi) is 6.16. The second-order valence-corrected chi connectivity index (χ2v) is 11.9. The van der Waals surface area contributed by atoms with Crippen molar-refractivity contribution in [3.63, 3.8) is 0 Å². The maximum Gasteiger partial charge on any atom is 0.253 e. The summed E-state index contributed by atoms with van der Waals surface area (Å²) in [6, 6.07) is 14.5. The maximum absolute atomic E-state index is 13.6. The Bertz CT molecular complexity index is 1670. The molecule has 1 aliphatic carbocycles. The molecule has 1 saturated carbocycles. The molecule has 2 fully saturated rings. The number of tetrazole rings is 1. The van der Waals surface area contributed by atoms with E-state index >= 15 is 0 Å². The number of hydrogen-bond acceptors (Lipinski definition) is 8. The number of thiazole rings is 1. The van der Waals surface area contributed by atoms with E-state index in [2.05, 4.69) is 80.6 Å². The summed E-state index contributed by atoms with van der Waals surface area (Å²) in [5.74, 6) is 0.768. The molecule has 0 radical (unpaired) electrons. The van der Waals surface area contributed by atoms with Crippen molar-refractivity contribution in [2.24, 2.45) is 0 Å². The third-order valence-corrected chi connectivity index (χ3v) is 9.54. The van der Waals surface area contributed by atoms with Gasteiger partial charge < -0.3 is 9.88 Å². The first-order chi connectivity index (χ1) is 19.0. The number of anilines is 1. The number of nitrogens with zero attached hydrogens (tertiary/aromatic N) is 7. The lowest BCUT2D eigenvalue weighted by Crippen LogP contribution is -2.49. The molecular weight excluding hydrogens is 508 g/mol. The Morgan fingerprint density at radius 1 is 1.00 bits per heavy atom. The highest BCUT2D eigenvalue weighted by atomic mass is 32.1. The second kappa shape index (κ2) is 9.84. The molecule has 10 heteroatoms. The highest BCUT2D eigenvalue weighted by Gasteiger charge is 2.35. The van der Waals surface area contributed by atoms with Gasteiger partial charge in [0, 0.05) is 37.3 Å². The molecule has 0 bridgehead atoms. The summed E-state index contributed by atoms with van der Waals surface area (Å²) < 4.78 is 3.21. The molecule has 39 heavy (non-hydrogen) atoms. The quantitative estimate of drug-likeness (QED) is 0.343. The molecule has 1 atom stereocenters. The van der Waals surface area contributed by atoms with Gasteiger partial charge in [-0.15, -0.1) is 5.10 Å². The summed E-state index contributed by atoms with van der Waals surface area (Å²) in [6.07, 6.45) is 4.51. The van der Waals surface area contributed by atoms with Gasteiger partial charge in [-0.1, -0.05) is 36.3 Å². The van der Waals surface area contributed by atoms with E-state index in [1.165, 1.54) is 28.7 Å². The summed E-state index contributed by atoms with van der Waals surface area (Å²) in [5, 5.41) is 15.2. The van der Waals surface area contributed by atoms with Gasteiger partial charge in [0.1, 0.15) is 6.04 Å². The molecule has 1 N–H and O–H groups in total. The van der Waals surface area contributed by atoms with Crippen LogP contribution in [-0.4, -0.2) is 61.3 Å². The zero-order valence-electron chi connectivity index (χ0n) is 22.3. The van der Waals surface area contributed by atoms with E-state index in [0.717, 1.165) is 66.4 Å². The first-order valence-corrected chi connectivity index (χ1v) is 14.6. The number of aromatic nitrogens is 6. The summed E-state index contributed by atoms with van der Waals surface area (Å²) in [7, 11) is 0. The summed E-state index contributed by atoms with van der Waals surface area (Å²) in [4.78, 5) is 26.4. The molecule has 1 unspecified atom stereocenters. The van der Waals surface area contributed by atoms with Crippen molar-refractivity contribution in [3.8, 4) is 0 Å². The lowest BCUT2D eigenvalue weighted by molar-refractivity contribution is 0.197. The minimum Gasteiger partial charge on any atom is -0.345 e. The molecule has 2 aromatic carbocycles. The predicted molar refractivity (Wildman–Crippen MR) is 155 cm³/mol. The third kappa shape index (κ3) is 4.41. The van der Waals surface area contributed by atoms with Crippen LogP contribution < -0.4 is 10.5 Å². The highest BCUT2D eigenvalue weighted by Crippen LogP contribution is 2.35. The first kappa shape index (κ1) is 24.4. The van der Waals surface area contributed by atoms with Crippen molar-refractivity contribution in [2.75, 3.05) is 31.1 Å². The lowest BCUT2D eigenvalue weighted by Gasteiger charge is -2.38. The van der Waals surface area contributed by atoms with Crippen LogP contribution in [0.5, 0.6) is 0 Å². The molecule has 0 amide bonds. The van der Waals surface area contributed by atoms with Gasteiger partial charge in [-0.05, 0) is 84.0 Å². The van der Waals surface area contributed by atoms with E-state index in [0.29, 0.717) is 5.56 Å². The van der Waals surface area contributed by atoms with Gasteiger partial charge in [0.05, 0.1) is 16.3 Å². The Labute approximate surface area is 230 Å². The van der Waals surface area contributed by atoms with Crippen molar-refractivity contribution < 1.29 is 0 Å². The largest absolute Gasteiger partial charge is 0.345 e. The fourth-order valence-electron chi connectivity index (χ4n) is 6.15. The number of hydrogen-bond donors (Lipinski definition) is 1. The van der Waals surface area contributed by atoms with Gasteiger partial charge in [-0.2, -0.15) is 0 Å². The second-order valence-electron chi connectivity index (χ2n) is 10.9. The summed E-state index contributed by atoms with van der Waals surface area (Å²) in [6.45, 7) is 7.39. The molecular formula is C29H32N8OS. The number of benzene rings is 2. The van der Waals surface area contributed by atoms with E-state index in [-0.39, 0.29) is 17.6 Å². The van der Waals surface area contributed by atoms with E-state index in [1.807, 2.05) is 10.7 Å². The zero-order valence-corrected chi connectivity index (χ0v) is 23.1. The van der Waals surface area contributed by atoms with Crippen LogP contribution in [0.15, 0.2) is 47.3 Å². The fraction of sp³-hybridized carbons (Fsp3) is 0.414. The minimum atomic E-state index is -0.326. The van der Waals surface area contributed by atoms with Gasteiger partial charge >= 0.3 is 0 Å². The topological polar surface area (TPSA) is 95.8 Å². The van der Waals surface area contributed by atoms with Gasteiger partial charge in [-0.3, -0.25) is 9.69 Å². The first-order valence-electron chi connectivity index (χ1n) is 13.8. The minimum absolute atomic E-state index is 0.0784. The van der Waals surface area contributed by atoms with Crippen molar-refractivity contribution >= 4 is 37.6 Å².